The van der Waals surface area contributed by atoms with E-state index in [2.05, 4.69) is 66.7 Å². The van der Waals surface area contributed by atoms with Crippen molar-refractivity contribution in [3.63, 3.8) is 0 Å². The van der Waals surface area contributed by atoms with Crippen molar-refractivity contribution < 1.29 is 23.7 Å². The average molecular weight is 808 g/mol. The van der Waals surface area contributed by atoms with E-state index in [-0.39, 0.29) is 6.61 Å². The van der Waals surface area contributed by atoms with Crippen LogP contribution in [-0.2, 0) is 56.5 Å². The molecule has 1 aliphatic heterocycles. The molecule has 0 bridgehead atoms. The first kappa shape index (κ1) is 39.8. The van der Waals surface area contributed by atoms with Crippen molar-refractivity contribution in [2.45, 2.75) is 63.4 Å². The number of aromatic nitrogens is 1. The summed E-state index contributed by atoms with van der Waals surface area (Å²) in [4.78, 5) is 5.86. The molecule has 0 saturated carbocycles. The molecular weight excluding hydrogens is 762 g/mol. The van der Waals surface area contributed by atoms with Gasteiger partial charge >= 0.3 is 0 Å². The molecular formula is C50H46ClNO5S. The first-order valence-electron chi connectivity index (χ1n) is 19.7. The first-order chi connectivity index (χ1) is 28.7. The molecule has 1 fully saturated rings. The molecule has 0 N–H and O–H groups in total. The van der Waals surface area contributed by atoms with Crippen LogP contribution in [-0.4, -0.2) is 36.0 Å². The standard InChI is InChI=1S/C50H46ClNO5S/c51-44-27-26-41(28-42(44)29-43-30-52-50(58-43)40-24-14-5-15-25-40)46-48(55-33-38-20-10-3-11-21-38)49(56-34-39-22-12-4-13-23-39)47(54-32-37-18-8-2-9-19-37)45(57-46)35-53-31-36-16-6-1-7-17-36/h1-28,30,45-49H,29,31-35H2. The van der Waals surface area contributed by atoms with Crippen LogP contribution in [0.4, 0.5) is 0 Å². The highest BCUT2D eigenvalue weighted by atomic mass is 35.5. The smallest absolute Gasteiger partial charge is 0.123 e. The summed E-state index contributed by atoms with van der Waals surface area (Å²) in [7, 11) is 0. The van der Waals surface area contributed by atoms with Gasteiger partial charge in [-0.25, -0.2) is 4.98 Å². The Hall–Kier alpha value is -4.96. The SMILES string of the molecule is Clc1ccc(C2OC(COCc3ccccc3)C(OCc3ccccc3)C(OCc3ccccc3)C2OCc2ccccc2)cc1Cc1cnc(-c2ccccc2)s1. The molecule has 6 nitrogen and oxygen atoms in total. The highest BCUT2D eigenvalue weighted by Crippen LogP contribution is 2.40. The van der Waals surface area contributed by atoms with Crippen molar-refractivity contribution in [2.75, 3.05) is 6.61 Å². The first-order valence-corrected chi connectivity index (χ1v) is 20.9. The Bertz CT molecular complexity index is 2280. The van der Waals surface area contributed by atoms with Gasteiger partial charge in [0.1, 0.15) is 35.5 Å². The fraction of sp³-hybridized carbons (Fsp3) is 0.220. The van der Waals surface area contributed by atoms with Gasteiger partial charge in [0.15, 0.2) is 0 Å². The van der Waals surface area contributed by atoms with Gasteiger partial charge in [-0.05, 0) is 39.4 Å². The van der Waals surface area contributed by atoms with Crippen LogP contribution in [0.1, 0.15) is 44.4 Å². The molecule has 7 aromatic rings. The monoisotopic (exact) mass is 807 g/mol. The summed E-state index contributed by atoms with van der Waals surface area (Å²) >= 11 is 8.63. The molecule has 8 heteroatoms. The lowest BCUT2D eigenvalue weighted by Crippen LogP contribution is -2.58. The largest absolute Gasteiger partial charge is 0.374 e. The summed E-state index contributed by atoms with van der Waals surface area (Å²) in [5.74, 6) is 0. The number of rotatable bonds is 17. The lowest BCUT2D eigenvalue weighted by molar-refractivity contribution is -0.275. The molecule has 1 saturated heterocycles. The van der Waals surface area contributed by atoms with Gasteiger partial charge in [0.05, 0.1) is 33.0 Å². The Morgan fingerprint density at radius 2 is 1.05 bits per heavy atom. The van der Waals surface area contributed by atoms with Crippen LogP contribution in [0.25, 0.3) is 10.6 Å². The van der Waals surface area contributed by atoms with Gasteiger partial charge in [-0.3, -0.25) is 0 Å². The number of hydrogen-bond donors (Lipinski definition) is 0. The molecule has 58 heavy (non-hydrogen) atoms. The zero-order valence-corrected chi connectivity index (χ0v) is 33.7. The van der Waals surface area contributed by atoms with Crippen molar-refractivity contribution in [1.29, 1.82) is 0 Å². The Labute approximate surface area is 350 Å². The zero-order valence-electron chi connectivity index (χ0n) is 32.1. The molecule has 1 aromatic heterocycles. The molecule has 0 aliphatic carbocycles. The lowest BCUT2D eigenvalue weighted by Gasteiger charge is -2.46. The van der Waals surface area contributed by atoms with E-state index in [1.54, 1.807) is 11.3 Å². The summed E-state index contributed by atoms with van der Waals surface area (Å²) in [5, 5.41) is 1.66. The molecule has 5 atom stereocenters. The second kappa shape index (κ2) is 20.1. The normalized spacial score (nSPS) is 19.2. The second-order valence-corrected chi connectivity index (χ2v) is 15.9. The van der Waals surface area contributed by atoms with E-state index in [4.69, 9.17) is 40.3 Å². The molecule has 0 radical (unpaired) electrons. The number of hydrogen-bond acceptors (Lipinski definition) is 7. The maximum Gasteiger partial charge on any atom is 0.123 e. The molecule has 294 valence electrons. The fourth-order valence-electron chi connectivity index (χ4n) is 7.26. The van der Waals surface area contributed by atoms with Crippen molar-refractivity contribution in [1.82, 2.24) is 4.98 Å². The zero-order chi connectivity index (χ0) is 39.4. The molecule has 6 aromatic carbocycles. The van der Waals surface area contributed by atoms with Crippen molar-refractivity contribution >= 4 is 22.9 Å². The van der Waals surface area contributed by atoms with Crippen LogP contribution in [0, 0.1) is 0 Å². The van der Waals surface area contributed by atoms with E-state index in [1.807, 2.05) is 109 Å². The Kier molecular flexibility index (Phi) is 13.8. The van der Waals surface area contributed by atoms with Crippen LogP contribution >= 0.6 is 22.9 Å². The van der Waals surface area contributed by atoms with Gasteiger partial charge in [-0.2, -0.15) is 0 Å². The quantitative estimate of drug-likeness (QED) is 0.0913. The molecule has 1 aliphatic rings. The molecule has 2 heterocycles. The van der Waals surface area contributed by atoms with Crippen LogP contribution < -0.4 is 0 Å². The maximum atomic E-state index is 7.19. The Morgan fingerprint density at radius 1 is 0.552 bits per heavy atom. The van der Waals surface area contributed by atoms with Gasteiger partial charge in [0.25, 0.3) is 0 Å². The minimum Gasteiger partial charge on any atom is -0.374 e. The second-order valence-electron chi connectivity index (χ2n) is 14.4. The summed E-state index contributed by atoms with van der Waals surface area (Å²) in [6, 6.07) is 57.2. The Balaban J connectivity index is 1.15. The van der Waals surface area contributed by atoms with Gasteiger partial charge in [-0.15, -0.1) is 11.3 Å². The minimum absolute atomic E-state index is 0.283. The number of benzene rings is 6. The number of thiazole rings is 1. The summed E-state index contributed by atoms with van der Waals surface area (Å²) in [5.41, 5.74) is 7.26. The van der Waals surface area contributed by atoms with E-state index >= 15 is 0 Å². The van der Waals surface area contributed by atoms with Crippen molar-refractivity contribution in [2.24, 2.45) is 0 Å². The lowest BCUT2D eigenvalue weighted by atomic mass is 9.89. The van der Waals surface area contributed by atoms with E-state index in [0.29, 0.717) is 37.9 Å². The highest BCUT2D eigenvalue weighted by Gasteiger charge is 2.49. The summed E-state index contributed by atoms with van der Waals surface area (Å²) < 4.78 is 34.5. The minimum atomic E-state index is -0.558. The van der Waals surface area contributed by atoms with Gasteiger partial charge in [-0.1, -0.05) is 175 Å². The third kappa shape index (κ3) is 10.6. The predicted molar refractivity (Wildman–Crippen MR) is 231 cm³/mol. The Morgan fingerprint density at radius 3 is 1.62 bits per heavy atom. The van der Waals surface area contributed by atoms with Crippen molar-refractivity contribution in [3.05, 3.63) is 219 Å². The van der Waals surface area contributed by atoms with Crippen LogP contribution in [0.5, 0.6) is 0 Å². The van der Waals surface area contributed by atoms with Crippen molar-refractivity contribution in [3.8, 4) is 10.6 Å². The van der Waals surface area contributed by atoms with Gasteiger partial charge in [0.2, 0.25) is 0 Å². The fourth-order valence-corrected chi connectivity index (χ4v) is 8.38. The number of ether oxygens (including phenoxy) is 5. The summed E-state index contributed by atoms with van der Waals surface area (Å²) in [6.45, 7) is 1.82. The molecule has 8 rings (SSSR count). The van der Waals surface area contributed by atoms with Crippen LogP contribution in [0.3, 0.4) is 0 Å². The van der Waals surface area contributed by atoms with E-state index in [0.717, 1.165) is 48.8 Å². The van der Waals surface area contributed by atoms with E-state index in [9.17, 15) is 0 Å². The summed E-state index contributed by atoms with van der Waals surface area (Å²) in [6.07, 6.45) is -0.0893. The average Bonchev–Trinajstić information content (AvgIpc) is 3.75. The third-order valence-corrected chi connectivity index (χ3v) is 11.6. The number of halogens is 1. The topological polar surface area (TPSA) is 59.0 Å². The predicted octanol–water partition coefficient (Wildman–Crippen LogP) is 11.5. The van der Waals surface area contributed by atoms with E-state index < -0.39 is 30.5 Å². The maximum absolute atomic E-state index is 7.19. The molecule has 0 spiro atoms. The van der Waals surface area contributed by atoms with Gasteiger partial charge < -0.3 is 23.7 Å². The molecule has 5 unspecified atom stereocenters. The third-order valence-electron chi connectivity index (χ3n) is 10.2. The van der Waals surface area contributed by atoms with Crippen LogP contribution in [0.2, 0.25) is 5.02 Å². The highest BCUT2D eigenvalue weighted by molar-refractivity contribution is 7.15. The van der Waals surface area contributed by atoms with Gasteiger partial charge in [0, 0.05) is 28.1 Å². The van der Waals surface area contributed by atoms with Crippen LogP contribution in [0.15, 0.2) is 176 Å². The number of nitrogens with zero attached hydrogens (tertiary/aromatic N) is 1. The van der Waals surface area contributed by atoms with E-state index in [1.165, 1.54) is 0 Å². The molecule has 0 amide bonds.